The highest BCUT2D eigenvalue weighted by atomic mass is 79.9. The van der Waals surface area contributed by atoms with E-state index in [0.29, 0.717) is 30.9 Å². The summed E-state index contributed by atoms with van der Waals surface area (Å²) in [7, 11) is 0. The van der Waals surface area contributed by atoms with Gasteiger partial charge in [-0.05, 0) is 97.8 Å². The van der Waals surface area contributed by atoms with E-state index in [9.17, 15) is 4.79 Å². The second-order valence-corrected chi connectivity index (χ2v) is 9.12. The maximum absolute atomic E-state index is 10.9. The van der Waals surface area contributed by atoms with Crippen molar-refractivity contribution in [2.45, 2.75) is 59.0 Å². The number of nitrogens with zero attached hydrogens (tertiary/aromatic N) is 1. The number of fused-ring (bicyclic) bond motifs is 1. The third-order valence-corrected chi connectivity index (χ3v) is 6.49. The normalized spacial score (nSPS) is 17.3. The summed E-state index contributed by atoms with van der Waals surface area (Å²) in [6.07, 6.45) is 3.73. The van der Waals surface area contributed by atoms with Crippen molar-refractivity contribution in [2.75, 3.05) is 13.2 Å². The minimum absolute atomic E-state index is 0.398. The molecule has 31 heavy (non-hydrogen) atoms. The van der Waals surface area contributed by atoms with Crippen LogP contribution in [-0.2, 0) is 6.42 Å². The van der Waals surface area contributed by atoms with Gasteiger partial charge in [-0.2, -0.15) is 5.26 Å². The molecule has 2 aromatic rings. The van der Waals surface area contributed by atoms with Crippen LogP contribution in [0.4, 0.5) is 0 Å². The van der Waals surface area contributed by atoms with Crippen LogP contribution in [0.25, 0.3) is 0 Å². The standard InChI is InChI=1S/C25H28BrNO4/c1-16-17(2)24-20(18(3)23(16)29-12-6-5-11-27)9-10-25(4,31-24)15-30-22-8-7-19(14-28)13-21(22)26/h7-8,13-14H,5-6,9-10,12,15H2,1-4H3. The molecule has 1 aliphatic heterocycles. The average Bonchev–Trinajstić information content (AvgIpc) is 2.76. The van der Waals surface area contributed by atoms with Crippen LogP contribution in [0.5, 0.6) is 17.2 Å². The molecule has 164 valence electrons. The molecule has 3 rings (SSSR count). The molecule has 5 nitrogen and oxygen atoms in total. The molecule has 2 aromatic carbocycles. The number of unbranched alkanes of at least 4 members (excludes halogenated alkanes) is 1. The Bertz CT molecular complexity index is 1030. The quantitative estimate of drug-likeness (QED) is 0.337. The lowest BCUT2D eigenvalue weighted by molar-refractivity contribution is 0.0164. The summed E-state index contributed by atoms with van der Waals surface area (Å²) in [5.74, 6) is 2.52. The molecule has 0 fully saturated rings. The van der Waals surface area contributed by atoms with Crippen LogP contribution >= 0.6 is 15.9 Å². The van der Waals surface area contributed by atoms with Gasteiger partial charge in [-0.15, -0.1) is 0 Å². The summed E-state index contributed by atoms with van der Waals surface area (Å²) in [6, 6.07) is 7.44. The molecule has 0 amide bonds. The first-order valence-electron chi connectivity index (χ1n) is 10.5. The SMILES string of the molecule is Cc1c(C)c2c(c(C)c1OCCCC#N)CCC(C)(COc1ccc(C=O)cc1Br)O2. The highest BCUT2D eigenvalue weighted by molar-refractivity contribution is 9.10. The lowest BCUT2D eigenvalue weighted by atomic mass is 9.87. The van der Waals surface area contributed by atoms with Crippen LogP contribution in [-0.4, -0.2) is 25.1 Å². The van der Waals surface area contributed by atoms with E-state index in [-0.39, 0.29) is 0 Å². The summed E-state index contributed by atoms with van der Waals surface area (Å²) in [4.78, 5) is 10.9. The highest BCUT2D eigenvalue weighted by Gasteiger charge is 2.35. The minimum atomic E-state index is -0.464. The Kier molecular flexibility index (Phi) is 7.27. The Morgan fingerprint density at radius 3 is 2.68 bits per heavy atom. The summed E-state index contributed by atoms with van der Waals surface area (Å²) < 4.78 is 19.4. The number of hydrogen-bond donors (Lipinski definition) is 0. The number of nitriles is 1. The van der Waals surface area contributed by atoms with Gasteiger partial charge in [0.25, 0.3) is 0 Å². The van der Waals surface area contributed by atoms with E-state index in [1.165, 1.54) is 5.56 Å². The Hall–Kier alpha value is -2.52. The molecule has 1 heterocycles. The maximum Gasteiger partial charge on any atom is 0.150 e. The maximum atomic E-state index is 10.9. The second kappa shape index (κ2) is 9.74. The van der Waals surface area contributed by atoms with Crippen molar-refractivity contribution in [3.05, 3.63) is 50.5 Å². The number of benzene rings is 2. The Morgan fingerprint density at radius 1 is 1.23 bits per heavy atom. The fourth-order valence-electron chi connectivity index (χ4n) is 3.86. The van der Waals surface area contributed by atoms with Gasteiger partial charge in [0.15, 0.2) is 0 Å². The summed E-state index contributed by atoms with van der Waals surface area (Å²) in [5.41, 5.74) is 4.59. The van der Waals surface area contributed by atoms with Gasteiger partial charge in [-0.25, -0.2) is 0 Å². The molecule has 0 radical (unpaired) electrons. The number of ether oxygens (including phenoxy) is 3. The zero-order valence-electron chi connectivity index (χ0n) is 18.5. The molecule has 0 saturated heterocycles. The number of halogens is 1. The predicted octanol–water partition coefficient (Wildman–Crippen LogP) is 6.03. The molecule has 1 aliphatic rings. The van der Waals surface area contributed by atoms with E-state index in [1.807, 2.05) is 0 Å². The van der Waals surface area contributed by atoms with Gasteiger partial charge in [-0.3, -0.25) is 4.79 Å². The van der Waals surface area contributed by atoms with Crippen molar-refractivity contribution < 1.29 is 19.0 Å². The van der Waals surface area contributed by atoms with Crippen molar-refractivity contribution in [1.82, 2.24) is 0 Å². The van der Waals surface area contributed by atoms with E-state index in [4.69, 9.17) is 19.5 Å². The van der Waals surface area contributed by atoms with E-state index in [2.05, 4.69) is 49.7 Å². The predicted molar refractivity (Wildman–Crippen MR) is 123 cm³/mol. The zero-order valence-corrected chi connectivity index (χ0v) is 20.1. The van der Waals surface area contributed by atoms with Gasteiger partial charge in [0.2, 0.25) is 0 Å². The van der Waals surface area contributed by atoms with Crippen molar-refractivity contribution in [2.24, 2.45) is 0 Å². The smallest absolute Gasteiger partial charge is 0.150 e. The van der Waals surface area contributed by atoms with Crippen LogP contribution < -0.4 is 14.2 Å². The third-order valence-electron chi connectivity index (χ3n) is 5.87. The van der Waals surface area contributed by atoms with Crippen LogP contribution in [0.15, 0.2) is 22.7 Å². The largest absolute Gasteiger partial charge is 0.493 e. The molecule has 0 N–H and O–H groups in total. The van der Waals surface area contributed by atoms with Gasteiger partial charge in [0.05, 0.1) is 17.1 Å². The molecule has 1 unspecified atom stereocenters. The number of carbonyl (C=O) groups excluding carboxylic acids is 1. The Morgan fingerprint density at radius 2 is 2.00 bits per heavy atom. The highest BCUT2D eigenvalue weighted by Crippen LogP contribution is 2.44. The molecule has 0 spiro atoms. The summed E-state index contributed by atoms with van der Waals surface area (Å²) >= 11 is 3.47. The lowest BCUT2D eigenvalue weighted by Crippen LogP contribution is -2.42. The first kappa shape index (κ1) is 23.1. The Labute approximate surface area is 192 Å². The number of rotatable bonds is 8. The van der Waals surface area contributed by atoms with Gasteiger partial charge >= 0.3 is 0 Å². The fourth-order valence-corrected chi connectivity index (χ4v) is 4.37. The second-order valence-electron chi connectivity index (χ2n) is 8.27. The molecular weight excluding hydrogens is 458 g/mol. The van der Waals surface area contributed by atoms with Crippen LogP contribution in [0.1, 0.15) is 58.8 Å². The van der Waals surface area contributed by atoms with Gasteiger partial charge < -0.3 is 14.2 Å². The van der Waals surface area contributed by atoms with E-state index < -0.39 is 5.60 Å². The molecule has 6 heteroatoms. The number of hydrogen-bond acceptors (Lipinski definition) is 5. The van der Waals surface area contributed by atoms with Gasteiger partial charge in [-0.1, -0.05) is 0 Å². The number of carbonyl (C=O) groups is 1. The fraction of sp³-hybridized carbons (Fsp3) is 0.440. The van der Waals surface area contributed by atoms with Gasteiger partial charge in [0, 0.05) is 17.5 Å². The summed E-state index contributed by atoms with van der Waals surface area (Å²) in [6.45, 7) is 9.21. The van der Waals surface area contributed by atoms with Gasteiger partial charge in [0.1, 0.15) is 35.7 Å². The van der Waals surface area contributed by atoms with Crippen LogP contribution in [0.3, 0.4) is 0 Å². The zero-order chi connectivity index (χ0) is 22.6. The average molecular weight is 486 g/mol. The molecule has 0 aliphatic carbocycles. The van der Waals surface area contributed by atoms with E-state index in [0.717, 1.165) is 58.2 Å². The van der Waals surface area contributed by atoms with E-state index in [1.54, 1.807) is 18.2 Å². The number of aldehydes is 1. The van der Waals surface area contributed by atoms with Crippen LogP contribution in [0, 0.1) is 32.1 Å². The molecule has 0 saturated carbocycles. The summed E-state index contributed by atoms with van der Waals surface area (Å²) in [5, 5.41) is 8.73. The minimum Gasteiger partial charge on any atom is -0.493 e. The van der Waals surface area contributed by atoms with Crippen molar-refractivity contribution in [1.29, 1.82) is 5.26 Å². The lowest BCUT2D eigenvalue weighted by Gasteiger charge is -2.38. The van der Waals surface area contributed by atoms with Crippen molar-refractivity contribution in [3.63, 3.8) is 0 Å². The third kappa shape index (κ3) is 5.04. The van der Waals surface area contributed by atoms with Crippen molar-refractivity contribution >= 4 is 22.2 Å². The first-order chi connectivity index (χ1) is 14.8. The molecule has 0 bridgehead atoms. The molecule has 1 atom stereocenters. The van der Waals surface area contributed by atoms with E-state index >= 15 is 0 Å². The van der Waals surface area contributed by atoms with Crippen molar-refractivity contribution in [3.8, 4) is 23.3 Å². The topological polar surface area (TPSA) is 68.5 Å². The van der Waals surface area contributed by atoms with Crippen LogP contribution in [0.2, 0.25) is 0 Å². The first-order valence-corrected chi connectivity index (χ1v) is 11.3. The molecular formula is C25H28BrNO4. The molecule has 0 aromatic heterocycles. The Balaban J connectivity index is 1.77. The monoisotopic (exact) mass is 485 g/mol.